The molecule has 11 heavy (non-hydrogen) atoms. The van der Waals surface area contributed by atoms with E-state index < -0.39 is 17.5 Å². The molecule has 1 rings (SSSR count). The van der Waals surface area contributed by atoms with Gasteiger partial charge in [-0.15, -0.1) is 0 Å². The molecule has 0 heterocycles. The first-order chi connectivity index (χ1) is 4.94. The smallest absolute Gasteiger partial charge is 0.198 e. The summed E-state index contributed by atoms with van der Waals surface area (Å²) in [5, 5.41) is 8.32. The Morgan fingerprint density at radius 3 is 2.00 bits per heavy atom. The van der Waals surface area contributed by atoms with Gasteiger partial charge in [0.15, 0.2) is 0 Å². The minimum atomic E-state index is -4.19. The van der Waals surface area contributed by atoms with Gasteiger partial charge in [-0.25, -0.2) is 0 Å². The second-order valence-electron chi connectivity index (χ2n) is 3.00. The van der Waals surface area contributed by atoms with E-state index in [1.54, 1.807) is 6.07 Å². The highest BCUT2D eigenvalue weighted by atomic mass is 19.4. The molecule has 0 aromatic carbocycles. The van der Waals surface area contributed by atoms with Gasteiger partial charge in [0.25, 0.3) is 0 Å². The molecule has 0 N–H and O–H groups in total. The molecule has 1 atom stereocenters. The molecular formula is C7H8F3N. The Morgan fingerprint density at radius 1 is 1.45 bits per heavy atom. The lowest BCUT2D eigenvalue weighted by atomic mass is 9.91. The van der Waals surface area contributed by atoms with Crippen LogP contribution in [-0.4, -0.2) is 6.18 Å². The van der Waals surface area contributed by atoms with E-state index in [0.717, 1.165) is 0 Å². The van der Waals surface area contributed by atoms with Gasteiger partial charge < -0.3 is 0 Å². The monoisotopic (exact) mass is 163 g/mol. The van der Waals surface area contributed by atoms with Crippen LogP contribution in [0.5, 0.6) is 0 Å². The lowest BCUT2D eigenvalue weighted by Crippen LogP contribution is -2.30. The van der Waals surface area contributed by atoms with Crippen molar-refractivity contribution in [2.24, 2.45) is 11.3 Å². The Hall–Kier alpha value is -0.720. The van der Waals surface area contributed by atoms with E-state index in [0.29, 0.717) is 0 Å². The maximum atomic E-state index is 12.2. The average molecular weight is 163 g/mol. The van der Waals surface area contributed by atoms with Gasteiger partial charge in [0.05, 0.1) is 17.4 Å². The Balaban J connectivity index is 2.78. The van der Waals surface area contributed by atoms with Crippen molar-refractivity contribution in [3.8, 4) is 6.07 Å². The van der Waals surface area contributed by atoms with Gasteiger partial charge in [0.2, 0.25) is 0 Å². The number of hydrogen-bond donors (Lipinski definition) is 0. The third-order valence-electron chi connectivity index (χ3n) is 2.38. The molecule has 0 radical (unpaired) electrons. The van der Waals surface area contributed by atoms with Crippen molar-refractivity contribution in [2.75, 3.05) is 0 Å². The van der Waals surface area contributed by atoms with Crippen LogP contribution in [0.1, 0.15) is 19.8 Å². The Morgan fingerprint density at radius 2 is 1.91 bits per heavy atom. The van der Waals surface area contributed by atoms with Crippen LogP contribution in [0.2, 0.25) is 0 Å². The molecule has 1 unspecified atom stereocenters. The Kier molecular flexibility index (Phi) is 1.62. The van der Waals surface area contributed by atoms with Crippen molar-refractivity contribution >= 4 is 0 Å². The maximum absolute atomic E-state index is 12.2. The SMILES string of the molecule is CC(C#N)C1(C(F)(F)F)CC1. The Labute approximate surface area is 62.8 Å². The van der Waals surface area contributed by atoms with Gasteiger partial charge in [-0.05, 0) is 19.8 Å². The highest BCUT2D eigenvalue weighted by molar-refractivity contribution is 5.08. The fourth-order valence-corrected chi connectivity index (χ4v) is 1.22. The standard InChI is InChI=1S/C7H8F3N/c1-5(4-11)6(2-3-6)7(8,9)10/h5H,2-3H2,1H3. The zero-order valence-electron chi connectivity index (χ0n) is 6.07. The zero-order chi connectivity index (χ0) is 8.70. The summed E-state index contributed by atoms with van der Waals surface area (Å²) in [6.07, 6.45) is -3.96. The normalized spacial score (nSPS) is 23.9. The average Bonchev–Trinajstić information content (AvgIpc) is 2.63. The van der Waals surface area contributed by atoms with Crippen LogP contribution in [-0.2, 0) is 0 Å². The molecule has 0 aromatic rings. The highest BCUT2D eigenvalue weighted by Crippen LogP contribution is 2.62. The number of hydrogen-bond acceptors (Lipinski definition) is 1. The molecule has 0 aliphatic heterocycles. The zero-order valence-corrected chi connectivity index (χ0v) is 6.07. The summed E-state index contributed by atoms with van der Waals surface area (Å²) in [4.78, 5) is 0. The molecule has 0 bridgehead atoms. The fourth-order valence-electron chi connectivity index (χ4n) is 1.22. The molecule has 4 heteroatoms. The van der Waals surface area contributed by atoms with Gasteiger partial charge >= 0.3 is 6.18 Å². The first-order valence-corrected chi connectivity index (χ1v) is 3.40. The molecule has 0 spiro atoms. The molecule has 1 nitrogen and oxygen atoms in total. The molecule has 62 valence electrons. The summed E-state index contributed by atoms with van der Waals surface area (Å²) in [6.45, 7) is 1.33. The van der Waals surface area contributed by atoms with E-state index >= 15 is 0 Å². The largest absolute Gasteiger partial charge is 0.395 e. The van der Waals surface area contributed by atoms with Crippen molar-refractivity contribution in [3.05, 3.63) is 0 Å². The van der Waals surface area contributed by atoms with Crippen LogP contribution in [0.25, 0.3) is 0 Å². The molecule has 1 fully saturated rings. The van der Waals surface area contributed by atoms with Crippen molar-refractivity contribution in [1.82, 2.24) is 0 Å². The highest BCUT2D eigenvalue weighted by Gasteiger charge is 2.66. The van der Waals surface area contributed by atoms with Crippen molar-refractivity contribution in [3.63, 3.8) is 0 Å². The van der Waals surface area contributed by atoms with Gasteiger partial charge in [-0.1, -0.05) is 0 Å². The van der Waals surface area contributed by atoms with Gasteiger partial charge in [0, 0.05) is 0 Å². The third-order valence-corrected chi connectivity index (χ3v) is 2.38. The number of rotatable bonds is 1. The first-order valence-electron chi connectivity index (χ1n) is 3.40. The van der Waals surface area contributed by atoms with Crippen LogP contribution in [0, 0.1) is 22.7 Å². The van der Waals surface area contributed by atoms with Crippen LogP contribution >= 0.6 is 0 Å². The number of alkyl halides is 3. The van der Waals surface area contributed by atoms with Crippen LogP contribution in [0.4, 0.5) is 13.2 Å². The van der Waals surface area contributed by atoms with Crippen LogP contribution in [0.15, 0.2) is 0 Å². The fraction of sp³-hybridized carbons (Fsp3) is 0.857. The Bertz CT molecular complexity index is 197. The predicted octanol–water partition coefficient (Wildman–Crippen LogP) is 2.49. The van der Waals surface area contributed by atoms with Crippen LogP contribution < -0.4 is 0 Å². The number of halogens is 3. The van der Waals surface area contributed by atoms with Crippen molar-refractivity contribution in [1.29, 1.82) is 5.26 Å². The summed E-state index contributed by atoms with van der Waals surface area (Å²) < 4.78 is 36.5. The van der Waals surface area contributed by atoms with Crippen LogP contribution in [0.3, 0.4) is 0 Å². The van der Waals surface area contributed by atoms with E-state index in [9.17, 15) is 13.2 Å². The predicted molar refractivity (Wildman–Crippen MR) is 32.5 cm³/mol. The molecule has 1 saturated carbocycles. The van der Waals surface area contributed by atoms with E-state index in [4.69, 9.17) is 5.26 Å². The van der Waals surface area contributed by atoms with Gasteiger partial charge in [-0.3, -0.25) is 0 Å². The molecule has 0 aromatic heterocycles. The molecule has 0 saturated heterocycles. The third kappa shape index (κ3) is 1.09. The van der Waals surface area contributed by atoms with E-state index in [-0.39, 0.29) is 12.8 Å². The minimum absolute atomic E-state index is 0.116. The second-order valence-corrected chi connectivity index (χ2v) is 3.00. The summed E-state index contributed by atoms with van der Waals surface area (Å²) in [6, 6.07) is 1.65. The minimum Gasteiger partial charge on any atom is -0.198 e. The van der Waals surface area contributed by atoms with E-state index in [2.05, 4.69) is 0 Å². The maximum Gasteiger partial charge on any atom is 0.395 e. The summed E-state index contributed by atoms with van der Waals surface area (Å²) in [5.74, 6) is -0.900. The lowest BCUT2D eigenvalue weighted by molar-refractivity contribution is -0.195. The molecular weight excluding hydrogens is 155 g/mol. The first kappa shape index (κ1) is 8.38. The molecule has 1 aliphatic carbocycles. The second kappa shape index (κ2) is 2.13. The van der Waals surface area contributed by atoms with E-state index in [1.165, 1.54) is 6.92 Å². The number of nitriles is 1. The van der Waals surface area contributed by atoms with Crippen molar-refractivity contribution in [2.45, 2.75) is 25.9 Å². The molecule has 1 aliphatic rings. The van der Waals surface area contributed by atoms with Crippen molar-refractivity contribution < 1.29 is 13.2 Å². The summed E-state index contributed by atoms with van der Waals surface area (Å²) in [7, 11) is 0. The van der Waals surface area contributed by atoms with Gasteiger partial charge in [0.1, 0.15) is 0 Å². The van der Waals surface area contributed by atoms with E-state index in [1.807, 2.05) is 0 Å². The lowest BCUT2D eigenvalue weighted by Gasteiger charge is -2.20. The topological polar surface area (TPSA) is 23.8 Å². The quantitative estimate of drug-likeness (QED) is 0.582. The molecule has 0 amide bonds. The van der Waals surface area contributed by atoms with Gasteiger partial charge in [-0.2, -0.15) is 18.4 Å². The summed E-state index contributed by atoms with van der Waals surface area (Å²) in [5.41, 5.74) is -1.66. The summed E-state index contributed by atoms with van der Waals surface area (Å²) >= 11 is 0. The number of nitrogens with zero attached hydrogens (tertiary/aromatic N) is 1.